The number of carbonyl (C=O) groups is 2. The molecule has 0 aliphatic heterocycles. The normalized spacial score (nSPS) is 11.0. The standard InChI is InChI=1S/C13H11NO6S2/c1-20-13(17)11-10(6-7-21-11)14-22(18,19)9-4-2-8(3-5-9)12(15)16/h2-7,14H,1H3,(H,15,16). The second-order valence-corrected chi connectivity index (χ2v) is 6.69. The molecule has 2 rings (SSSR count). The predicted octanol–water partition coefficient (Wildman–Crippen LogP) is 2.03. The molecule has 0 saturated heterocycles. The van der Waals surface area contributed by atoms with Crippen LogP contribution in [0.15, 0.2) is 40.6 Å². The maximum atomic E-state index is 12.2. The minimum atomic E-state index is -3.93. The van der Waals surface area contributed by atoms with Crippen LogP contribution in [0, 0.1) is 0 Å². The van der Waals surface area contributed by atoms with E-state index in [1.807, 2.05) is 0 Å². The van der Waals surface area contributed by atoms with E-state index in [0.717, 1.165) is 11.3 Å². The third-order valence-corrected chi connectivity index (χ3v) is 4.97. The Morgan fingerprint density at radius 3 is 2.36 bits per heavy atom. The van der Waals surface area contributed by atoms with Crippen molar-refractivity contribution in [3.8, 4) is 0 Å². The number of methoxy groups -OCH3 is 1. The first-order valence-corrected chi connectivity index (χ1v) is 8.23. The fraction of sp³-hybridized carbons (Fsp3) is 0.0769. The van der Waals surface area contributed by atoms with E-state index in [1.165, 1.54) is 37.4 Å². The molecule has 0 atom stereocenters. The molecular weight excluding hydrogens is 330 g/mol. The van der Waals surface area contributed by atoms with Crippen molar-refractivity contribution < 1.29 is 27.9 Å². The lowest BCUT2D eigenvalue weighted by atomic mass is 10.2. The highest BCUT2D eigenvalue weighted by Crippen LogP contribution is 2.26. The van der Waals surface area contributed by atoms with E-state index in [9.17, 15) is 18.0 Å². The molecule has 0 saturated carbocycles. The molecule has 0 aliphatic carbocycles. The van der Waals surface area contributed by atoms with Crippen molar-refractivity contribution in [2.75, 3.05) is 11.8 Å². The molecule has 22 heavy (non-hydrogen) atoms. The van der Waals surface area contributed by atoms with Crippen LogP contribution in [0.1, 0.15) is 20.0 Å². The van der Waals surface area contributed by atoms with E-state index in [-0.39, 0.29) is 21.0 Å². The van der Waals surface area contributed by atoms with Crippen molar-refractivity contribution >= 4 is 39.0 Å². The van der Waals surface area contributed by atoms with Crippen LogP contribution in [-0.2, 0) is 14.8 Å². The molecule has 1 aromatic heterocycles. The number of aromatic carboxylic acids is 1. The average Bonchev–Trinajstić information content (AvgIpc) is 2.94. The van der Waals surface area contributed by atoms with Crippen LogP contribution < -0.4 is 4.72 Å². The number of carboxylic acids is 1. The van der Waals surface area contributed by atoms with Gasteiger partial charge in [-0.3, -0.25) is 4.72 Å². The second-order valence-electron chi connectivity index (χ2n) is 4.09. The van der Waals surface area contributed by atoms with E-state index in [2.05, 4.69) is 9.46 Å². The summed E-state index contributed by atoms with van der Waals surface area (Å²) in [4.78, 5) is 22.3. The first kappa shape index (κ1) is 16.0. The van der Waals surface area contributed by atoms with Crippen molar-refractivity contribution in [3.05, 3.63) is 46.2 Å². The van der Waals surface area contributed by atoms with Gasteiger partial charge in [0.1, 0.15) is 4.88 Å². The number of ether oxygens (including phenoxy) is 1. The van der Waals surface area contributed by atoms with Gasteiger partial charge in [-0.05, 0) is 35.7 Å². The zero-order valence-electron chi connectivity index (χ0n) is 11.3. The molecular formula is C13H11NO6S2. The van der Waals surface area contributed by atoms with Crippen molar-refractivity contribution in [2.24, 2.45) is 0 Å². The van der Waals surface area contributed by atoms with Gasteiger partial charge < -0.3 is 9.84 Å². The number of anilines is 1. The van der Waals surface area contributed by atoms with Gasteiger partial charge >= 0.3 is 11.9 Å². The summed E-state index contributed by atoms with van der Waals surface area (Å²) in [6.07, 6.45) is 0. The maximum Gasteiger partial charge on any atom is 0.350 e. The summed E-state index contributed by atoms with van der Waals surface area (Å²) in [6, 6.07) is 6.17. The average molecular weight is 341 g/mol. The molecule has 1 aromatic carbocycles. The second kappa shape index (κ2) is 6.16. The van der Waals surface area contributed by atoms with Gasteiger partial charge in [0.05, 0.1) is 23.3 Å². The number of carbonyl (C=O) groups excluding carboxylic acids is 1. The molecule has 116 valence electrons. The molecule has 0 radical (unpaired) electrons. The molecule has 2 N–H and O–H groups in total. The third kappa shape index (κ3) is 3.26. The van der Waals surface area contributed by atoms with Gasteiger partial charge in [0.25, 0.3) is 10.0 Å². The quantitative estimate of drug-likeness (QED) is 0.805. The molecule has 0 unspecified atom stereocenters. The Bertz CT molecular complexity index is 807. The maximum absolute atomic E-state index is 12.2. The smallest absolute Gasteiger partial charge is 0.350 e. The first-order chi connectivity index (χ1) is 10.3. The van der Waals surface area contributed by atoms with E-state index in [0.29, 0.717) is 0 Å². The highest BCUT2D eigenvalue weighted by Gasteiger charge is 2.20. The van der Waals surface area contributed by atoms with Gasteiger partial charge in [-0.2, -0.15) is 0 Å². The van der Waals surface area contributed by atoms with Gasteiger partial charge in [0.15, 0.2) is 0 Å². The fourth-order valence-corrected chi connectivity index (χ4v) is 3.52. The van der Waals surface area contributed by atoms with Gasteiger partial charge in [-0.1, -0.05) is 0 Å². The van der Waals surface area contributed by atoms with Crippen LogP contribution in [-0.4, -0.2) is 32.6 Å². The molecule has 0 fully saturated rings. The molecule has 7 nitrogen and oxygen atoms in total. The molecule has 0 aliphatic rings. The minimum Gasteiger partial charge on any atom is -0.478 e. The van der Waals surface area contributed by atoms with Crippen LogP contribution in [0.5, 0.6) is 0 Å². The van der Waals surface area contributed by atoms with Crippen LogP contribution in [0.4, 0.5) is 5.69 Å². The number of esters is 1. The minimum absolute atomic E-state index is 0.0234. The van der Waals surface area contributed by atoms with Crippen LogP contribution in [0.3, 0.4) is 0 Å². The van der Waals surface area contributed by atoms with Crippen LogP contribution in [0.2, 0.25) is 0 Å². The summed E-state index contributed by atoms with van der Waals surface area (Å²) >= 11 is 1.05. The molecule has 0 bridgehead atoms. The third-order valence-electron chi connectivity index (χ3n) is 2.69. The predicted molar refractivity (Wildman–Crippen MR) is 79.9 cm³/mol. The molecule has 2 aromatic rings. The fourth-order valence-electron chi connectivity index (χ4n) is 1.62. The highest BCUT2D eigenvalue weighted by atomic mass is 32.2. The van der Waals surface area contributed by atoms with E-state index in [4.69, 9.17) is 5.11 Å². The summed E-state index contributed by atoms with van der Waals surface area (Å²) in [6.45, 7) is 0. The summed E-state index contributed by atoms with van der Waals surface area (Å²) in [7, 11) is -2.73. The lowest BCUT2D eigenvalue weighted by Crippen LogP contribution is -2.15. The van der Waals surface area contributed by atoms with Gasteiger partial charge in [0, 0.05) is 0 Å². The number of sulfonamides is 1. The summed E-state index contributed by atoms with van der Waals surface area (Å²) < 4.78 is 31.3. The largest absolute Gasteiger partial charge is 0.478 e. The van der Waals surface area contributed by atoms with Crippen molar-refractivity contribution in [2.45, 2.75) is 4.90 Å². The van der Waals surface area contributed by atoms with Gasteiger partial charge in [-0.15, -0.1) is 11.3 Å². The van der Waals surface area contributed by atoms with Gasteiger partial charge in [-0.25, -0.2) is 18.0 Å². The Morgan fingerprint density at radius 2 is 1.82 bits per heavy atom. The number of hydrogen-bond donors (Lipinski definition) is 2. The SMILES string of the molecule is COC(=O)c1sccc1NS(=O)(=O)c1ccc(C(=O)O)cc1. The Hall–Kier alpha value is -2.39. The molecule has 0 amide bonds. The monoisotopic (exact) mass is 341 g/mol. The highest BCUT2D eigenvalue weighted by molar-refractivity contribution is 7.92. The van der Waals surface area contributed by atoms with Crippen LogP contribution in [0.25, 0.3) is 0 Å². The summed E-state index contributed by atoms with van der Waals surface area (Å²) in [5, 5.41) is 10.3. The zero-order valence-corrected chi connectivity index (χ0v) is 12.9. The van der Waals surface area contributed by atoms with E-state index >= 15 is 0 Å². The Balaban J connectivity index is 2.30. The number of hydrogen-bond acceptors (Lipinski definition) is 6. The van der Waals surface area contributed by atoms with Gasteiger partial charge in [0.2, 0.25) is 0 Å². The lowest BCUT2D eigenvalue weighted by molar-refractivity contribution is 0.0606. The molecule has 9 heteroatoms. The Kier molecular flexibility index (Phi) is 4.48. The zero-order chi connectivity index (χ0) is 16.3. The number of nitrogens with one attached hydrogen (secondary N) is 1. The van der Waals surface area contributed by atoms with E-state index in [1.54, 1.807) is 5.38 Å². The Labute approximate surface area is 130 Å². The van der Waals surface area contributed by atoms with Crippen LogP contribution >= 0.6 is 11.3 Å². The number of benzene rings is 1. The lowest BCUT2D eigenvalue weighted by Gasteiger charge is -2.08. The number of carboxylic acid groups (broad SMARTS) is 1. The topological polar surface area (TPSA) is 110 Å². The van der Waals surface area contributed by atoms with E-state index < -0.39 is 22.0 Å². The number of thiophene rings is 1. The van der Waals surface area contributed by atoms with Crippen molar-refractivity contribution in [1.29, 1.82) is 0 Å². The number of rotatable bonds is 5. The first-order valence-electron chi connectivity index (χ1n) is 5.87. The Morgan fingerprint density at radius 1 is 1.18 bits per heavy atom. The molecule has 1 heterocycles. The summed E-state index contributed by atoms with van der Waals surface area (Å²) in [5.41, 5.74) is 0.0869. The van der Waals surface area contributed by atoms with Crippen molar-refractivity contribution in [3.63, 3.8) is 0 Å². The summed E-state index contributed by atoms with van der Waals surface area (Å²) in [5.74, 6) is -1.79. The molecule has 0 spiro atoms. The van der Waals surface area contributed by atoms with Crippen molar-refractivity contribution in [1.82, 2.24) is 0 Å².